The van der Waals surface area contributed by atoms with Crippen LogP contribution in [0.3, 0.4) is 0 Å². The number of benzene rings is 2. The Morgan fingerprint density at radius 1 is 0.941 bits per heavy atom. The van der Waals surface area contributed by atoms with Crippen molar-refractivity contribution in [1.29, 1.82) is 0 Å². The van der Waals surface area contributed by atoms with Crippen LogP contribution >= 0.6 is 23.2 Å². The van der Waals surface area contributed by atoms with Crippen molar-refractivity contribution in [3.63, 3.8) is 0 Å². The fraction of sp³-hybridized carbons (Fsp3) is 0.143. The van der Waals surface area contributed by atoms with Gasteiger partial charge < -0.3 is 4.74 Å². The van der Waals surface area contributed by atoms with Crippen LogP contribution < -0.4 is 4.74 Å². The van der Waals surface area contributed by atoms with Crippen molar-refractivity contribution in [3.05, 3.63) is 58.1 Å². The summed E-state index contributed by atoms with van der Waals surface area (Å²) in [4.78, 5) is 0. The minimum atomic E-state index is 0.691. The molecule has 0 aliphatic carbocycles. The number of ether oxygens (including phenoxy) is 1. The van der Waals surface area contributed by atoms with Gasteiger partial charge in [0.05, 0.1) is 0 Å². The van der Waals surface area contributed by atoms with E-state index in [1.54, 1.807) is 12.1 Å². The van der Waals surface area contributed by atoms with Crippen LogP contribution in [0, 0.1) is 0 Å². The molecule has 0 radical (unpaired) electrons. The van der Waals surface area contributed by atoms with E-state index in [1.165, 1.54) is 0 Å². The molecule has 88 valence electrons. The highest BCUT2D eigenvalue weighted by atomic mass is 35.5. The van der Waals surface area contributed by atoms with Crippen LogP contribution in [0.15, 0.2) is 42.5 Å². The van der Waals surface area contributed by atoms with Crippen LogP contribution in [0.5, 0.6) is 11.5 Å². The van der Waals surface area contributed by atoms with Gasteiger partial charge in [-0.1, -0.05) is 36.2 Å². The lowest BCUT2D eigenvalue weighted by Crippen LogP contribution is -1.86. The first-order valence-corrected chi connectivity index (χ1v) is 6.16. The lowest BCUT2D eigenvalue weighted by Gasteiger charge is -2.07. The second-order valence-corrected chi connectivity index (χ2v) is 4.51. The summed E-state index contributed by atoms with van der Waals surface area (Å²) in [7, 11) is 0. The summed E-state index contributed by atoms with van der Waals surface area (Å²) in [5.41, 5.74) is 1.12. The summed E-state index contributed by atoms with van der Waals surface area (Å²) in [5, 5.41) is 1.43. The monoisotopic (exact) mass is 266 g/mol. The normalized spacial score (nSPS) is 10.3. The first kappa shape index (κ1) is 12.3. The molecule has 2 aromatic carbocycles. The van der Waals surface area contributed by atoms with E-state index in [4.69, 9.17) is 27.9 Å². The first-order chi connectivity index (χ1) is 8.19. The van der Waals surface area contributed by atoms with E-state index in [0.717, 1.165) is 28.5 Å². The van der Waals surface area contributed by atoms with Gasteiger partial charge in [0.15, 0.2) is 0 Å². The molecule has 0 saturated heterocycles. The molecular formula is C14H12Cl2O. The molecule has 0 aromatic heterocycles. The zero-order valence-electron chi connectivity index (χ0n) is 9.41. The number of aryl methyl sites for hydroxylation is 1. The topological polar surface area (TPSA) is 9.23 Å². The van der Waals surface area contributed by atoms with Crippen molar-refractivity contribution in [2.45, 2.75) is 13.3 Å². The molecule has 1 nitrogen and oxygen atoms in total. The minimum Gasteiger partial charge on any atom is -0.457 e. The van der Waals surface area contributed by atoms with Crippen LogP contribution in [-0.4, -0.2) is 0 Å². The number of halogens is 2. The van der Waals surface area contributed by atoms with E-state index in [2.05, 4.69) is 6.92 Å². The van der Waals surface area contributed by atoms with Gasteiger partial charge in [-0.05, 0) is 48.4 Å². The first-order valence-electron chi connectivity index (χ1n) is 5.41. The van der Waals surface area contributed by atoms with Gasteiger partial charge in [0.1, 0.15) is 11.5 Å². The van der Waals surface area contributed by atoms with Crippen molar-refractivity contribution in [1.82, 2.24) is 0 Å². The third-order valence-corrected chi connectivity index (χ3v) is 3.06. The van der Waals surface area contributed by atoms with Crippen LogP contribution in [0.2, 0.25) is 10.0 Å². The average molecular weight is 267 g/mol. The highest BCUT2D eigenvalue weighted by Gasteiger charge is 2.02. The van der Waals surface area contributed by atoms with Gasteiger partial charge in [-0.2, -0.15) is 0 Å². The molecule has 0 aliphatic heterocycles. The number of hydrogen-bond acceptors (Lipinski definition) is 1. The van der Waals surface area contributed by atoms with Gasteiger partial charge in [0.2, 0.25) is 0 Å². The summed E-state index contributed by atoms with van der Waals surface area (Å²) in [6.45, 7) is 2.07. The van der Waals surface area contributed by atoms with Crippen LogP contribution in [0.4, 0.5) is 0 Å². The van der Waals surface area contributed by atoms with Crippen LogP contribution in [0.25, 0.3) is 0 Å². The van der Waals surface area contributed by atoms with Gasteiger partial charge in [-0.15, -0.1) is 0 Å². The predicted octanol–water partition coefficient (Wildman–Crippen LogP) is 5.35. The molecule has 0 saturated carbocycles. The Hall–Kier alpha value is -1.18. The molecule has 0 aliphatic rings. The van der Waals surface area contributed by atoms with Gasteiger partial charge in [-0.3, -0.25) is 0 Å². The third-order valence-electron chi connectivity index (χ3n) is 2.45. The maximum atomic E-state index is 6.12. The van der Waals surface area contributed by atoms with Crippen molar-refractivity contribution < 1.29 is 4.74 Å². The average Bonchev–Trinajstić information content (AvgIpc) is 2.32. The molecule has 0 unspecified atom stereocenters. The van der Waals surface area contributed by atoms with Gasteiger partial charge >= 0.3 is 0 Å². The minimum absolute atomic E-state index is 0.691. The van der Waals surface area contributed by atoms with Crippen LogP contribution in [-0.2, 0) is 6.42 Å². The van der Waals surface area contributed by atoms with Crippen LogP contribution in [0.1, 0.15) is 12.5 Å². The molecule has 0 amide bonds. The lowest BCUT2D eigenvalue weighted by atomic mass is 10.2. The Morgan fingerprint density at radius 2 is 1.59 bits per heavy atom. The molecule has 2 rings (SSSR count). The third kappa shape index (κ3) is 3.15. The smallest absolute Gasteiger partial charge is 0.128 e. The molecular weight excluding hydrogens is 255 g/mol. The van der Waals surface area contributed by atoms with Gasteiger partial charge in [-0.25, -0.2) is 0 Å². The standard InChI is InChI=1S/C14H12Cl2O/c1-2-10-3-6-13(9-14(10)16)17-12-7-4-11(15)5-8-12/h3-9H,2H2,1H3. The van der Waals surface area contributed by atoms with Crippen molar-refractivity contribution in [3.8, 4) is 11.5 Å². The maximum absolute atomic E-state index is 6.12. The Labute approximate surface area is 111 Å². The predicted molar refractivity (Wildman–Crippen MR) is 72.4 cm³/mol. The molecule has 0 atom stereocenters. The molecule has 0 heterocycles. The zero-order chi connectivity index (χ0) is 12.3. The lowest BCUT2D eigenvalue weighted by molar-refractivity contribution is 0.482. The second kappa shape index (κ2) is 5.44. The molecule has 0 N–H and O–H groups in total. The Morgan fingerprint density at radius 3 is 2.18 bits per heavy atom. The Balaban J connectivity index is 2.19. The molecule has 3 heteroatoms. The Kier molecular flexibility index (Phi) is 3.93. The van der Waals surface area contributed by atoms with E-state index in [9.17, 15) is 0 Å². The van der Waals surface area contributed by atoms with Crippen molar-refractivity contribution in [2.75, 3.05) is 0 Å². The molecule has 0 spiro atoms. The Bertz CT molecular complexity index is 506. The number of hydrogen-bond donors (Lipinski definition) is 0. The zero-order valence-corrected chi connectivity index (χ0v) is 10.9. The fourth-order valence-corrected chi connectivity index (χ4v) is 1.95. The summed E-state index contributed by atoms with van der Waals surface area (Å²) in [6.07, 6.45) is 0.917. The molecule has 2 aromatic rings. The van der Waals surface area contributed by atoms with Crippen molar-refractivity contribution in [2.24, 2.45) is 0 Å². The van der Waals surface area contributed by atoms with E-state index in [1.807, 2.05) is 30.3 Å². The summed E-state index contributed by atoms with van der Waals surface area (Å²) >= 11 is 11.9. The SMILES string of the molecule is CCc1ccc(Oc2ccc(Cl)cc2)cc1Cl. The van der Waals surface area contributed by atoms with E-state index in [-0.39, 0.29) is 0 Å². The highest BCUT2D eigenvalue weighted by Crippen LogP contribution is 2.27. The van der Waals surface area contributed by atoms with Crippen molar-refractivity contribution >= 4 is 23.2 Å². The highest BCUT2D eigenvalue weighted by molar-refractivity contribution is 6.31. The molecule has 0 fully saturated rings. The van der Waals surface area contributed by atoms with E-state index in [0.29, 0.717) is 5.02 Å². The summed E-state index contributed by atoms with van der Waals surface area (Å²) in [5.74, 6) is 1.48. The van der Waals surface area contributed by atoms with E-state index >= 15 is 0 Å². The largest absolute Gasteiger partial charge is 0.457 e. The quantitative estimate of drug-likeness (QED) is 0.728. The second-order valence-electron chi connectivity index (χ2n) is 3.66. The fourth-order valence-electron chi connectivity index (χ4n) is 1.52. The summed E-state index contributed by atoms with van der Waals surface area (Å²) in [6, 6.07) is 13.0. The van der Waals surface area contributed by atoms with E-state index < -0.39 is 0 Å². The molecule has 0 bridgehead atoms. The molecule has 17 heavy (non-hydrogen) atoms. The summed E-state index contributed by atoms with van der Waals surface area (Å²) < 4.78 is 5.67. The maximum Gasteiger partial charge on any atom is 0.128 e. The van der Waals surface area contributed by atoms with Gasteiger partial charge in [0.25, 0.3) is 0 Å². The van der Waals surface area contributed by atoms with Gasteiger partial charge in [0, 0.05) is 10.0 Å². The number of rotatable bonds is 3.